The van der Waals surface area contributed by atoms with Crippen LogP contribution in [0.25, 0.3) is 0 Å². The number of hydrogen-bond acceptors (Lipinski definition) is 4. The Hall–Kier alpha value is -2.12. The summed E-state index contributed by atoms with van der Waals surface area (Å²) < 4.78 is 0. The van der Waals surface area contributed by atoms with E-state index in [1.807, 2.05) is 0 Å². The SMILES string of the molecule is NC(=O)c1ccc(CNC(=O)NC[C@H](O)CN2CCCCCC2)cc1. The number of nitrogens with two attached hydrogens (primary N) is 1. The van der Waals surface area contributed by atoms with Crippen molar-refractivity contribution in [1.29, 1.82) is 0 Å². The van der Waals surface area contributed by atoms with Crippen LogP contribution in [0.4, 0.5) is 4.79 Å². The summed E-state index contributed by atoms with van der Waals surface area (Å²) in [5.41, 5.74) is 6.48. The number of hydrogen-bond donors (Lipinski definition) is 4. The first-order valence-electron chi connectivity index (χ1n) is 8.85. The van der Waals surface area contributed by atoms with Gasteiger partial charge in [0.1, 0.15) is 0 Å². The van der Waals surface area contributed by atoms with E-state index in [-0.39, 0.29) is 12.6 Å². The number of nitrogens with one attached hydrogen (secondary N) is 2. The van der Waals surface area contributed by atoms with Crippen LogP contribution in [0.5, 0.6) is 0 Å². The maximum atomic E-state index is 11.8. The number of urea groups is 1. The largest absolute Gasteiger partial charge is 0.390 e. The van der Waals surface area contributed by atoms with Gasteiger partial charge < -0.3 is 26.4 Å². The topological polar surface area (TPSA) is 108 Å². The number of β-amino-alcohol motifs (C(OH)–C–C–N with tert-alkyl or cyclic N) is 1. The third-order valence-corrected chi connectivity index (χ3v) is 4.36. The van der Waals surface area contributed by atoms with Crippen molar-refractivity contribution in [3.63, 3.8) is 0 Å². The molecule has 0 saturated carbocycles. The fourth-order valence-corrected chi connectivity index (χ4v) is 2.92. The van der Waals surface area contributed by atoms with E-state index < -0.39 is 12.0 Å². The molecular weight excluding hydrogens is 320 g/mol. The maximum absolute atomic E-state index is 11.8. The van der Waals surface area contributed by atoms with E-state index in [0.29, 0.717) is 18.7 Å². The van der Waals surface area contributed by atoms with E-state index in [4.69, 9.17) is 5.73 Å². The molecule has 0 aromatic heterocycles. The van der Waals surface area contributed by atoms with Gasteiger partial charge in [-0.1, -0.05) is 25.0 Å². The molecule has 138 valence electrons. The van der Waals surface area contributed by atoms with Crippen molar-refractivity contribution < 1.29 is 14.7 Å². The molecule has 0 bridgehead atoms. The molecule has 0 unspecified atom stereocenters. The Balaban J connectivity index is 1.65. The van der Waals surface area contributed by atoms with Crippen LogP contribution < -0.4 is 16.4 Å². The summed E-state index contributed by atoms with van der Waals surface area (Å²) in [7, 11) is 0. The molecule has 2 rings (SSSR count). The number of likely N-dealkylation sites (tertiary alicyclic amines) is 1. The Morgan fingerprint density at radius 3 is 2.32 bits per heavy atom. The highest BCUT2D eigenvalue weighted by atomic mass is 16.3. The molecule has 5 N–H and O–H groups in total. The average Bonchev–Trinajstić information content (AvgIpc) is 2.87. The minimum absolute atomic E-state index is 0.225. The zero-order valence-electron chi connectivity index (χ0n) is 14.5. The fraction of sp³-hybridized carbons (Fsp3) is 0.556. The molecule has 1 saturated heterocycles. The minimum atomic E-state index is -0.571. The van der Waals surface area contributed by atoms with Crippen LogP contribution in [0, 0.1) is 0 Å². The van der Waals surface area contributed by atoms with E-state index in [1.165, 1.54) is 25.7 Å². The lowest BCUT2D eigenvalue weighted by molar-refractivity contribution is 0.1000. The zero-order chi connectivity index (χ0) is 18.1. The molecule has 0 aliphatic carbocycles. The van der Waals surface area contributed by atoms with Gasteiger partial charge in [-0.2, -0.15) is 0 Å². The summed E-state index contributed by atoms with van der Waals surface area (Å²) >= 11 is 0. The fourth-order valence-electron chi connectivity index (χ4n) is 2.92. The molecule has 1 heterocycles. The van der Waals surface area contributed by atoms with Crippen molar-refractivity contribution in [3.8, 4) is 0 Å². The third-order valence-electron chi connectivity index (χ3n) is 4.36. The van der Waals surface area contributed by atoms with Crippen LogP contribution in [0.1, 0.15) is 41.6 Å². The predicted octanol–water partition coefficient (Wildman–Crippen LogP) is 0.822. The second-order valence-corrected chi connectivity index (χ2v) is 6.49. The number of nitrogens with zero attached hydrogens (tertiary/aromatic N) is 1. The van der Waals surface area contributed by atoms with Gasteiger partial charge in [0.05, 0.1) is 6.10 Å². The van der Waals surface area contributed by atoms with Crippen molar-refractivity contribution in [2.45, 2.75) is 38.3 Å². The Bertz CT molecular complexity index is 554. The molecule has 1 aromatic rings. The normalized spacial score (nSPS) is 16.7. The molecule has 25 heavy (non-hydrogen) atoms. The molecule has 1 aromatic carbocycles. The number of carbonyl (C=O) groups is 2. The van der Waals surface area contributed by atoms with Gasteiger partial charge in [0.15, 0.2) is 0 Å². The molecule has 0 spiro atoms. The zero-order valence-corrected chi connectivity index (χ0v) is 14.5. The molecule has 7 heteroatoms. The van der Waals surface area contributed by atoms with Crippen molar-refractivity contribution in [2.75, 3.05) is 26.2 Å². The Morgan fingerprint density at radius 1 is 1.08 bits per heavy atom. The highest BCUT2D eigenvalue weighted by molar-refractivity contribution is 5.92. The number of rotatable bonds is 7. The molecule has 7 nitrogen and oxygen atoms in total. The monoisotopic (exact) mass is 348 g/mol. The van der Waals surface area contributed by atoms with E-state index in [1.54, 1.807) is 24.3 Å². The minimum Gasteiger partial charge on any atom is -0.390 e. The van der Waals surface area contributed by atoms with Crippen LogP contribution in [-0.4, -0.2) is 54.2 Å². The molecular formula is C18H28N4O3. The number of amides is 3. The van der Waals surface area contributed by atoms with Crippen molar-refractivity contribution >= 4 is 11.9 Å². The summed E-state index contributed by atoms with van der Waals surface area (Å²) in [5.74, 6) is -0.476. The lowest BCUT2D eigenvalue weighted by Crippen LogP contribution is -2.43. The first kappa shape index (κ1) is 19.2. The van der Waals surface area contributed by atoms with E-state index in [2.05, 4.69) is 15.5 Å². The van der Waals surface area contributed by atoms with E-state index in [0.717, 1.165) is 18.7 Å². The number of benzene rings is 1. The molecule has 3 amide bonds. The number of primary amides is 1. The van der Waals surface area contributed by atoms with Crippen molar-refractivity contribution in [2.24, 2.45) is 5.73 Å². The standard InChI is InChI=1S/C18H28N4O3/c19-17(24)15-7-5-14(6-8-15)11-20-18(25)21-12-16(23)13-22-9-3-1-2-4-10-22/h5-8,16,23H,1-4,9-13H2,(H2,19,24)(H2,20,21,25)/t16-/m0/s1. The van der Waals surface area contributed by atoms with Crippen molar-refractivity contribution in [1.82, 2.24) is 15.5 Å². The number of aliphatic hydroxyl groups is 1. The van der Waals surface area contributed by atoms with Crippen molar-refractivity contribution in [3.05, 3.63) is 35.4 Å². The molecule has 1 aliphatic rings. The Morgan fingerprint density at radius 2 is 1.72 bits per heavy atom. The van der Waals surface area contributed by atoms with Gasteiger partial charge in [0, 0.05) is 25.2 Å². The number of carbonyl (C=O) groups excluding carboxylic acids is 2. The van der Waals surface area contributed by atoms with Gasteiger partial charge in [-0.3, -0.25) is 4.79 Å². The smallest absolute Gasteiger partial charge is 0.315 e. The van der Waals surface area contributed by atoms with Crippen LogP contribution >= 0.6 is 0 Å². The predicted molar refractivity (Wildman–Crippen MR) is 96.1 cm³/mol. The average molecular weight is 348 g/mol. The van der Waals surface area contributed by atoms with Gasteiger partial charge >= 0.3 is 6.03 Å². The Kier molecular flexibility index (Phi) is 7.69. The number of aliphatic hydroxyl groups excluding tert-OH is 1. The van der Waals surface area contributed by atoms with E-state index >= 15 is 0 Å². The summed E-state index contributed by atoms with van der Waals surface area (Å²) in [4.78, 5) is 25.1. The first-order valence-corrected chi connectivity index (χ1v) is 8.85. The van der Waals surface area contributed by atoms with Crippen LogP contribution in [0.3, 0.4) is 0 Å². The van der Waals surface area contributed by atoms with Gasteiger partial charge in [-0.05, 0) is 43.6 Å². The van der Waals surface area contributed by atoms with Gasteiger partial charge in [0.25, 0.3) is 0 Å². The van der Waals surface area contributed by atoms with Gasteiger partial charge in [-0.15, -0.1) is 0 Å². The summed E-state index contributed by atoms with van der Waals surface area (Å²) in [6, 6.07) is 6.42. The lowest BCUT2D eigenvalue weighted by Gasteiger charge is -2.23. The second-order valence-electron chi connectivity index (χ2n) is 6.49. The van der Waals surface area contributed by atoms with Crippen LogP contribution in [0.2, 0.25) is 0 Å². The van der Waals surface area contributed by atoms with Crippen LogP contribution in [0.15, 0.2) is 24.3 Å². The van der Waals surface area contributed by atoms with Crippen LogP contribution in [-0.2, 0) is 6.54 Å². The second kappa shape index (κ2) is 10.0. The quantitative estimate of drug-likeness (QED) is 0.585. The molecule has 1 fully saturated rings. The molecule has 1 atom stereocenters. The highest BCUT2D eigenvalue weighted by Gasteiger charge is 2.14. The molecule has 0 radical (unpaired) electrons. The summed E-state index contributed by atoms with van der Waals surface area (Å²) in [6.45, 7) is 3.19. The van der Waals surface area contributed by atoms with E-state index in [9.17, 15) is 14.7 Å². The molecule has 1 aliphatic heterocycles. The summed E-state index contributed by atoms with van der Waals surface area (Å²) in [6.07, 6.45) is 4.30. The highest BCUT2D eigenvalue weighted by Crippen LogP contribution is 2.09. The Labute approximate surface area is 148 Å². The lowest BCUT2D eigenvalue weighted by atomic mass is 10.1. The third kappa shape index (κ3) is 7.11. The van der Waals surface area contributed by atoms with Gasteiger partial charge in [0.2, 0.25) is 5.91 Å². The van der Waals surface area contributed by atoms with Gasteiger partial charge in [-0.25, -0.2) is 4.79 Å². The first-order chi connectivity index (χ1) is 12.0. The maximum Gasteiger partial charge on any atom is 0.315 e. The summed E-state index contributed by atoms with van der Waals surface area (Å²) in [5, 5.41) is 15.5.